The molecule has 0 unspecified atom stereocenters. The van der Waals surface area contributed by atoms with Crippen LogP contribution in [0.5, 0.6) is 0 Å². The number of benzene rings is 4. The highest BCUT2D eigenvalue weighted by molar-refractivity contribution is 5.89. The molecule has 0 amide bonds. The number of fused-ring (bicyclic) bond motifs is 6. The summed E-state index contributed by atoms with van der Waals surface area (Å²) in [7, 11) is 0. The van der Waals surface area contributed by atoms with Crippen LogP contribution in [0.2, 0.25) is 0 Å². The summed E-state index contributed by atoms with van der Waals surface area (Å²) < 4.78 is 0. The Hall–Kier alpha value is -3.59. The van der Waals surface area contributed by atoms with E-state index in [1.165, 1.54) is 27.5 Å². The third-order valence-electron chi connectivity index (χ3n) is 6.81. The van der Waals surface area contributed by atoms with Crippen molar-refractivity contribution in [2.24, 2.45) is 5.92 Å². The van der Waals surface area contributed by atoms with Gasteiger partial charge in [0.05, 0.1) is 11.6 Å². The Morgan fingerprint density at radius 2 is 1.60 bits per heavy atom. The molecule has 3 heteroatoms. The topological polar surface area (TPSA) is 49.3 Å². The Morgan fingerprint density at radius 3 is 2.50 bits per heavy atom. The summed E-state index contributed by atoms with van der Waals surface area (Å²) in [5.41, 5.74) is 6.49. The predicted molar refractivity (Wildman–Crippen MR) is 119 cm³/mol. The average Bonchev–Trinajstić information content (AvgIpc) is 3.18. The van der Waals surface area contributed by atoms with Crippen LogP contribution in [0.4, 0.5) is 5.69 Å². The fraction of sp³-hybridized carbons (Fsp3) is 0.148. The standard InChI is InChI=1S/C27H21NO2/c29-27(30)18-12-13-24-22(15-18)25-20-10-4-2-7-17(20)14-23(25)26(28-24)21-11-5-8-16-6-1-3-9-19(16)21/h1-13,15,23,25-26,28H,14H2,(H,29,30)/t23-,25-,26+/m0/s1. The van der Waals surface area contributed by atoms with Crippen molar-refractivity contribution in [3.8, 4) is 0 Å². The van der Waals surface area contributed by atoms with Crippen LogP contribution in [0.15, 0.2) is 84.9 Å². The Labute approximate surface area is 175 Å². The van der Waals surface area contributed by atoms with Gasteiger partial charge in [0.2, 0.25) is 0 Å². The van der Waals surface area contributed by atoms with Gasteiger partial charge >= 0.3 is 5.97 Å². The van der Waals surface area contributed by atoms with E-state index in [0.29, 0.717) is 11.5 Å². The molecule has 6 rings (SSSR count). The molecule has 30 heavy (non-hydrogen) atoms. The molecule has 0 radical (unpaired) electrons. The van der Waals surface area contributed by atoms with Crippen molar-refractivity contribution in [1.82, 2.24) is 0 Å². The minimum atomic E-state index is -0.878. The van der Waals surface area contributed by atoms with Crippen LogP contribution in [-0.2, 0) is 6.42 Å². The van der Waals surface area contributed by atoms with Gasteiger partial charge in [-0.15, -0.1) is 0 Å². The minimum absolute atomic E-state index is 0.164. The first-order valence-electron chi connectivity index (χ1n) is 10.4. The van der Waals surface area contributed by atoms with E-state index < -0.39 is 5.97 Å². The van der Waals surface area contributed by atoms with Gasteiger partial charge in [0.25, 0.3) is 0 Å². The van der Waals surface area contributed by atoms with Crippen molar-refractivity contribution >= 4 is 22.4 Å². The number of anilines is 1. The Bertz CT molecular complexity index is 1300. The molecule has 0 saturated heterocycles. The van der Waals surface area contributed by atoms with Gasteiger partial charge in [-0.25, -0.2) is 4.79 Å². The monoisotopic (exact) mass is 391 g/mol. The van der Waals surface area contributed by atoms with Crippen LogP contribution in [0.25, 0.3) is 10.8 Å². The van der Waals surface area contributed by atoms with Gasteiger partial charge in [0.1, 0.15) is 0 Å². The van der Waals surface area contributed by atoms with Crippen LogP contribution >= 0.6 is 0 Å². The van der Waals surface area contributed by atoms with Crippen LogP contribution < -0.4 is 5.32 Å². The van der Waals surface area contributed by atoms with E-state index in [1.807, 2.05) is 12.1 Å². The molecular formula is C27H21NO2. The van der Waals surface area contributed by atoms with Crippen LogP contribution in [0, 0.1) is 5.92 Å². The van der Waals surface area contributed by atoms with Gasteiger partial charge in [0.15, 0.2) is 0 Å². The lowest BCUT2D eigenvalue weighted by Crippen LogP contribution is -2.30. The van der Waals surface area contributed by atoms with Crippen LogP contribution in [0.3, 0.4) is 0 Å². The Kier molecular flexibility index (Phi) is 3.72. The number of carboxylic acids is 1. The quantitative estimate of drug-likeness (QED) is 0.440. The zero-order valence-electron chi connectivity index (χ0n) is 16.4. The summed E-state index contributed by atoms with van der Waals surface area (Å²) in [6.45, 7) is 0. The molecule has 1 heterocycles. The SMILES string of the molecule is O=C(O)c1ccc2c(c1)[C@@H]1c3ccccc3C[C@@H]1[C@@H](c1cccc3ccccc13)N2. The molecule has 2 aliphatic rings. The van der Waals surface area contributed by atoms with Crippen molar-refractivity contribution in [1.29, 1.82) is 0 Å². The summed E-state index contributed by atoms with van der Waals surface area (Å²) >= 11 is 0. The maximum Gasteiger partial charge on any atom is 0.335 e. The number of aromatic carboxylic acids is 1. The average molecular weight is 391 g/mol. The normalized spacial score (nSPS) is 21.4. The lowest BCUT2D eigenvalue weighted by molar-refractivity contribution is 0.0696. The predicted octanol–water partition coefficient (Wildman–Crippen LogP) is 6.01. The zero-order valence-corrected chi connectivity index (χ0v) is 16.4. The second kappa shape index (κ2) is 6.46. The molecule has 0 fully saturated rings. The number of hydrogen-bond acceptors (Lipinski definition) is 2. The number of rotatable bonds is 2. The number of hydrogen-bond donors (Lipinski definition) is 2. The van der Waals surface area contributed by atoms with Gasteiger partial charge in [-0.05, 0) is 63.6 Å². The lowest BCUT2D eigenvalue weighted by Gasteiger charge is -2.38. The van der Waals surface area contributed by atoms with Gasteiger partial charge in [-0.2, -0.15) is 0 Å². The molecule has 146 valence electrons. The Morgan fingerprint density at radius 1 is 0.833 bits per heavy atom. The molecule has 0 saturated carbocycles. The molecule has 0 spiro atoms. The van der Waals surface area contributed by atoms with Gasteiger partial charge in [-0.1, -0.05) is 66.7 Å². The molecule has 4 aromatic carbocycles. The van der Waals surface area contributed by atoms with E-state index >= 15 is 0 Å². The smallest absolute Gasteiger partial charge is 0.335 e. The molecule has 4 aromatic rings. The summed E-state index contributed by atoms with van der Waals surface area (Å²) in [6.07, 6.45) is 0.985. The fourth-order valence-electron chi connectivity index (χ4n) is 5.52. The van der Waals surface area contributed by atoms with E-state index in [1.54, 1.807) is 6.07 Å². The maximum atomic E-state index is 11.6. The van der Waals surface area contributed by atoms with E-state index in [9.17, 15) is 9.90 Å². The largest absolute Gasteiger partial charge is 0.478 e. The second-order valence-corrected chi connectivity index (χ2v) is 8.34. The lowest BCUT2D eigenvalue weighted by atomic mass is 9.74. The first kappa shape index (κ1) is 17.3. The molecule has 3 nitrogen and oxygen atoms in total. The van der Waals surface area contributed by atoms with E-state index in [0.717, 1.165) is 17.7 Å². The maximum absolute atomic E-state index is 11.6. The minimum Gasteiger partial charge on any atom is -0.478 e. The molecule has 1 aliphatic carbocycles. The first-order chi connectivity index (χ1) is 14.7. The first-order valence-corrected chi connectivity index (χ1v) is 10.4. The molecule has 2 N–H and O–H groups in total. The van der Waals surface area contributed by atoms with Crippen molar-refractivity contribution in [3.05, 3.63) is 113 Å². The third-order valence-corrected chi connectivity index (χ3v) is 6.81. The van der Waals surface area contributed by atoms with E-state index in [-0.39, 0.29) is 12.0 Å². The summed E-state index contributed by atoms with van der Waals surface area (Å²) in [5, 5.41) is 15.9. The van der Waals surface area contributed by atoms with Gasteiger partial charge in [-0.3, -0.25) is 0 Å². The molecule has 0 aromatic heterocycles. The summed E-state index contributed by atoms with van der Waals surface area (Å²) in [5.74, 6) is -0.345. The van der Waals surface area contributed by atoms with Crippen molar-refractivity contribution < 1.29 is 9.90 Å². The number of nitrogens with one attached hydrogen (secondary N) is 1. The van der Waals surface area contributed by atoms with Crippen LogP contribution in [0.1, 0.15) is 44.6 Å². The second-order valence-electron chi connectivity index (χ2n) is 8.34. The Balaban J connectivity index is 1.57. The van der Waals surface area contributed by atoms with Gasteiger partial charge < -0.3 is 10.4 Å². The van der Waals surface area contributed by atoms with Crippen molar-refractivity contribution in [3.63, 3.8) is 0 Å². The van der Waals surface area contributed by atoms with E-state index in [2.05, 4.69) is 72.0 Å². The highest BCUT2D eigenvalue weighted by Crippen LogP contribution is 2.54. The third kappa shape index (κ3) is 2.48. The fourth-order valence-corrected chi connectivity index (χ4v) is 5.52. The molecular weight excluding hydrogens is 370 g/mol. The summed E-state index contributed by atoms with van der Waals surface area (Å²) in [6, 6.07) is 29.4. The van der Waals surface area contributed by atoms with Crippen molar-refractivity contribution in [2.45, 2.75) is 18.4 Å². The number of carbonyl (C=O) groups is 1. The van der Waals surface area contributed by atoms with Gasteiger partial charge in [0, 0.05) is 11.6 Å². The molecule has 0 bridgehead atoms. The van der Waals surface area contributed by atoms with Crippen LogP contribution in [-0.4, -0.2) is 11.1 Å². The highest BCUT2D eigenvalue weighted by Gasteiger charge is 2.43. The zero-order chi connectivity index (χ0) is 20.2. The van der Waals surface area contributed by atoms with E-state index in [4.69, 9.17) is 0 Å². The highest BCUT2D eigenvalue weighted by atomic mass is 16.4. The molecule has 1 aliphatic heterocycles. The summed E-state index contributed by atoms with van der Waals surface area (Å²) in [4.78, 5) is 11.6. The number of carboxylic acid groups (broad SMARTS) is 1. The molecule has 3 atom stereocenters. The van der Waals surface area contributed by atoms with Crippen molar-refractivity contribution in [2.75, 3.05) is 5.32 Å².